The zero-order valence-corrected chi connectivity index (χ0v) is 38.2. The van der Waals surface area contributed by atoms with Crippen LogP contribution in [0.4, 0.5) is 0 Å². The normalized spacial score (nSPS) is 20.0. The molecule has 382 valence electrons. The number of ether oxygens (including phenoxy) is 2. The first-order valence-corrected chi connectivity index (χ1v) is 24.3. The summed E-state index contributed by atoms with van der Waals surface area (Å²) in [5.41, 5.74) is 0. The maximum atomic E-state index is 13.0. The van der Waals surface area contributed by atoms with Crippen LogP contribution in [0.15, 0.2) is 0 Å². The summed E-state index contributed by atoms with van der Waals surface area (Å²) < 4.78 is 64.6. The second-order valence-corrected chi connectivity index (χ2v) is 17.3. The van der Waals surface area contributed by atoms with Crippen molar-refractivity contribution in [3.05, 3.63) is 0 Å². The minimum absolute atomic E-state index is 0. The summed E-state index contributed by atoms with van der Waals surface area (Å²) in [7, 11) is -16.7. The Morgan fingerprint density at radius 1 is 0.562 bits per heavy atom. The van der Waals surface area contributed by atoms with E-state index in [1.54, 1.807) is 6.92 Å². The summed E-state index contributed by atoms with van der Waals surface area (Å²) in [5, 5.41) is 31.7. The fraction of sp³-hybridized carbons (Fsp3) is 0.610. The predicted octanol–water partition coefficient (Wildman–Crippen LogP) is 6.13. The fourth-order valence-electron chi connectivity index (χ4n) is 5.53. The van der Waals surface area contributed by atoms with E-state index >= 15 is 0 Å². The molecule has 0 radical (unpaired) electrons. The summed E-state index contributed by atoms with van der Waals surface area (Å²) in [6.07, 6.45) is -3.11. The average Bonchev–Trinajstić information content (AvgIpc) is 3.20. The lowest BCUT2D eigenvalue weighted by molar-refractivity contribution is -0.213. The predicted molar refractivity (Wildman–Crippen MR) is 258 cm³/mol. The second kappa shape index (κ2) is 33.5. The molecule has 1 rings (SSSR count). The van der Waals surface area contributed by atoms with Crippen LogP contribution in [0.2, 0.25) is 0 Å². The molecule has 1 saturated carbocycles. The summed E-state index contributed by atoms with van der Waals surface area (Å²) >= 11 is 0. The monoisotopic (exact) mass is 987 g/mol. The lowest BCUT2D eigenvalue weighted by atomic mass is 9.85. The van der Waals surface area contributed by atoms with E-state index in [0.717, 1.165) is 25.7 Å². The minimum Gasteiger partial charge on any atom is -0.456 e. The number of aliphatic hydroxyl groups excluding tert-OH is 3. The van der Waals surface area contributed by atoms with Crippen molar-refractivity contribution in [2.75, 3.05) is 13.2 Å². The van der Waals surface area contributed by atoms with E-state index in [4.69, 9.17) is 18.5 Å². The van der Waals surface area contributed by atoms with Crippen LogP contribution in [0.3, 0.4) is 0 Å². The molecule has 0 heterocycles. The first-order chi connectivity index (χ1) is 29.8. The molecule has 0 aliphatic heterocycles. The molecule has 23 heteroatoms. The van der Waals surface area contributed by atoms with Gasteiger partial charge in [-0.2, -0.15) is 0 Å². The summed E-state index contributed by atoms with van der Waals surface area (Å²) in [5.74, 6) is 31.2. The number of aliphatic hydroxyl groups is 3. The minimum atomic E-state index is -5.58. The van der Waals surface area contributed by atoms with Gasteiger partial charge in [0, 0.05) is 32.3 Å². The van der Waals surface area contributed by atoms with Crippen molar-refractivity contribution in [3.63, 3.8) is 0 Å². The first kappa shape index (κ1) is 60.0. The number of esters is 2. The van der Waals surface area contributed by atoms with Gasteiger partial charge in [-0.25, -0.2) is 18.5 Å². The fourth-order valence-corrected chi connectivity index (χ4v) is 7.64. The van der Waals surface area contributed by atoms with Gasteiger partial charge in [0.15, 0.2) is 6.10 Å². The van der Waals surface area contributed by atoms with Gasteiger partial charge in [0.1, 0.15) is 43.2 Å². The van der Waals surface area contributed by atoms with Crippen LogP contribution in [0, 0.1) is 82.9 Å². The lowest BCUT2D eigenvalue weighted by Gasteiger charge is -2.44. The quantitative estimate of drug-likeness (QED) is 0.0155. The summed E-state index contributed by atoms with van der Waals surface area (Å²) in [4.78, 5) is 72.5. The molecular weight excluding hydrogens is 903 g/mol. The van der Waals surface area contributed by atoms with Crippen LogP contribution in [0.1, 0.15) is 124 Å². The number of rotatable bonds is 26. The average molecular weight is 988 g/mol. The van der Waals surface area contributed by atoms with Crippen LogP contribution in [0.5, 0.6) is 0 Å². The number of hydrogen-bond acceptors (Lipinski definition) is 15. The van der Waals surface area contributed by atoms with E-state index in [-0.39, 0.29) is 32.5 Å². The highest BCUT2D eigenvalue weighted by Crippen LogP contribution is 2.51. The third-order valence-corrected chi connectivity index (χ3v) is 10.4. The Morgan fingerprint density at radius 3 is 1.34 bits per heavy atom. The third kappa shape index (κ3) is 29.5. The SMILES string of the molecule is CC#CC#CC#CC#CC#CC#CC#CC(=O)OC[C@H](COP(=O)(O)OC1C(O)[C@@H](OP(=O)(O)O)C(O)[C@@H](OP(=O)(O)O)[C@H]1O)OC(=O)CCCCCCCCCCCCCCC.N.[HH].[HH].[HH].[HH].[HH].[HH].[HH].[HH].[HH].[HH].[HH].[HH].[HH].[HH]. The van der Waals surface area contributed by atoms with E-state index in [0.29, 0.717) is 12.8 Å². The van der Waals surface area contributed by atoms with Crippen molar-refractivity contribution in [2.45, 2.75) is 146 Å². The van der Waals surface area contributed by atoms with Crippen molar-refractivity contribution < 1.29 is 111 Å². The molecule has 1 fully saturated rings. The van der Waals surface area contributed by atoms with Gasteiger partial charge in [-0.3, -0.25) is 22.9 Å². The van der Waals surface area contributed by atoms with Gasteiger partial charge in [-0.1, -0.05) is 89.9 Å². The van der Waals surface area contributed by atoms with Crippen LogP contribution in [-0.2, 0) is 50.9 Å². The topological polar surface area (TPSA) is 338 Å². The number of phosphoric acid groups is 3. The summed E-state index contributed by atoms with van der Waals surface area (Å²) in [6.45, 7) is 1.96. The van der Waals surface area contributed by atoms with Crippen molar-refractivity contribution in [1.82, 2.24) is 6.15 Å². The maximum Gasteiger partial charge on any atom is 0.472 e. The molecule has 64 heavy (non-hydrogen) atoms. The maximum absolute atomic E-state index is 13.0. The van der Waals surface area contributed by atoms with Gasteiger partial charge in [0.05, 0.1) is 6.61 Å². The first-order valence-electron chi connectivity index (χ1n) is 19.8. The van der Waals surface area contributed by atoms with Crippen molar-refractivity contribution in [1.29, 1.82) is 0 Å². The number of hydrogen-bond donors (Lipinski definition) is 9. The molecule has 0 aromatic carbocycles. The standard InChI is InChI=1S/C41H53O19P3.H3N.14H2/c1-3-5-7-9-11-13-15-17-19-21-23-25-27-29-34(42)55-31-33(57-35(43)30-28-26-24-22-20-18-16-14-12-10-8-6-4-2)32-56-63(53,54)60-41-37(45)39(58-61(47,48)49)36(44)40(38(41)46)59-62(50,51)52;;;;;;;;;;;;;;;/h33,36-41,44-46H,4,6,8,10,12,14,16,18,20,22,24,26,28,30-32H2,1-2H3,(H,53,54)(H2,47,48,49)(H2,50,51,52);1H3;14*1H/t33-,36?,37-,38?,39-,40+,41?;;;;;;;;;;;;;;;/m1.............../s1. The number of phosphoric ester groups is 3. The highest BCUT2D eigenvalue weighted by Gasteiger charge is 2.56. The van der Waals surface area contributed by atoms with E-state index in [9.17, 15) is 63.1 Å². The molecule has 0 spiro atoms. The Balaban J connectivity index is -0.000000204. The zero-order chi connectivity index (χ0) is 47.2. The molecule has 20 nitrogen and oxygen atoms in total. The lowest BCUT2D eigenvalue weighted by Crippen LogP contribution is -2.65. The van der Waals surface area contributed by atoms with Gasteiger partial charge in [-0.05, 0) is 84.4 Å². The Bertz CT molecular complexity index is 2090. The largest absolute Gasteiger partial charge is 0.472 e. The zero-order valence-electron chi connectivity index (χ0n) is 35.5. The highest BCUT2D eigenvalue weighted by molar-refractivity contribution is 7.47. The van der Waals surface area contributed by atoms with Crippen LogP contribution < -0.4 is 6.15 Å². The van der Waals surface area contributed by atoms with Gasteiger partial charge in [-0.15, -0.1) is 0 Å². The highest BCUT2D eigenvalue weighted by atomic mass is 31.2. The Labute approximate surface area is 394 Å². The van der Waals surface area contributed by atoms with E-state index in [1.165, 1.54) is 44.9 Å². The van der Waals surface area contributed by atoms with Crippen molar-refractivity contribution in [3.8, 4) is 82.9 Å². The molecule has 0 aromatic heterocycles. The Kier molecular flexibility index (Phi) is 31.4. The third-order valence-electron chi connectivity index (χ3n) is 8.38. The van der Waals surface area contributed by atoms with E-state index in [1.807, 2.05) is 5.92 Å². The van der Waals surface area contributed by atoms with Crippen LogP contribution >= 0.6 is 23.5 Å². The van der Waals surface area contributed by atoms with Crippen LogP contribution in [-0.4, -0.2) is 108 Å². The van der Waals surface area contributed by atoms with Crippen molar-refractivity contribution >= 4 is 35.4 Å². The molecule has 0 bridgehead atoms. The van der Waals surface area contributed by atoms with E-state index in [2.05, 4.69) is 92.9 Å². The van der Waals surface area contributed by atoms with E-state index < -0.39 is 91.3 Å². The van der Waals surface area contributed by atoms with Gasteiger partial charge >= 0.3 is 35.4 Å². The molecule has 11 N–H and O–H groups in total. The molecule has 1 aliphatic rings. The number of carbonyl (C=O) groups is 2. The molecular formula is C41H84NO19P3. The molecule has 0 aromatic rings. The molecule has 0 saturated heterocycles. The number of unbranched alkanes of at least 4 members (excludes halogenated alkanes) is 12. The summed E-state index contributed by atoms with van der Waals surface area (Å²) in [6, 6.07) is 0. The molecule has 4 unspecified atom stereocenters. The van der Waals surface area contributed by atoms with Crippen molar-refractivity contribution in [2.24, 2.45) is 0 Å². The van der Waals surface area contributed by atoms with Gasteiger partial charge in [0.2, 0.25) is 0 Å². The number of carbonyl (C=O) groups excluding carboxylic acids is 2. The molecule has 0 amide bonds. The van der Waals surface area contributed by atoms with Crippen LogP contribution in [0.25, 0.3) is 0 Å². The Hall–Kier alpha value is -3.97. The van der Waals surface area contributed by atoms with Gasteiger partial charge < -0.3 is 55.4 Å². The van der Waals surface area contributed by atoms with Gasteiger partial charge in [0.25, 0.3) is 0 Å². The second-order valence-electron chi connectivity index (χ2n) is 13.5. The smallest absolute Gasteiger partial charge is 0.456 e. The molecule has 8 atom stereocenters. The Morgan fingerprint density at radius 2 is 0.938 bits per heavy atom. The molecule has 1 aliphatic carbocycles.